The Kier molecular flexibility index (Phi) is 5.18. The van der Waals surface area contributed by atoms with E-state index < -0.39 is 15.8 Å². The van der Waals surface area contributed by atoms with Crippen molar-refractivity contribution in [1.29, 1.82) is 0 Å². The predicted molar refractivity (Wildman–Crippen MR) is 80.8 cm³/mol. The van der Waals surface area contributed by atoms with Gasteiger partial charge in [0, 0.05) is 12.2 Å². The maximum Gasteiger partial charge on any atom is 0.243 e. The summed E-state index contributed by atoms with van der Waals surface area (Å²) >= 11 is 0. The van der Waals surface area contributed by atoms with Crippen molar-refractivity contribution in [2.45, 2.75) is 24.7 Å². The zero-order valence-electron chi connectivity index (χ0n) is 12.2. The lowest BCUT2D eigenvalue weighted by atomic mass is 9.97. The summed E-state index contributed by atoms with van der Waals surface area (Å²) in [5.41, 5.74) is 5.76. The maximum atomic E-state index is 13.6. The van der Waals surface area contributed by atoms with Gasteiger partial charge in [0.15, 0.2) is 0 Å². The van der Waals surface area contributed by atoms with Crippen molar-refractivity contribution in [2.24, 2.45) is 5.92 Å². The van der Waals surface area contributed by atoms with Crippen molar-refractivity contribution in [1.82, 2.24) is 9.62 Å². The number of halogens is 1. The molecule has 1 aliphatic rings. The summed E-state index contributed by atoms with van der Waals surface area (Å²) in [6.07, 6.45) is 1.91. The van der Waals surface area contributed by atoms with Gasteiger partial charge in [0.1, 0.15) is 10.7 Å². The van der Waals surface area contributed by atoms with Crippen LogP contribution in [-0.2, 0) is 10.0 Å². The van der Waals surface area contributed by atoms with Crippen LogP contribution in [0.1, 0.15) is 19.8 Å². The van der Waals surface area contributed by atoms with Crippen molar-refractivity contribution >= 4 is 15.7 Å². The molecule has 0 unspecified atom stereocenters. The fourth-order valence-electron chi connectivity index (χ4n) is 2.54. The fourth-order valence-corrected chi connectivity index (χ4v) is 3.76. The number of piperidine rings is 1. The summed E-state index contributed by atoms with van der Waals surface area (Å²) in [6, 6.07) is 3.57. The lowest BCUT2D eigenvalue weighted by Gasteiger charge is -2.31. The Labute approximate surface area is 125 Å². The first-order chi connectivity index (χ1) is 9.92. The van der Waals surface area contributed by atoms with E-state index in [1.165, 1.54) is 6.07 Å². The second-order valence-corrected chi connectivity index (χ2v) is 7.15. The molecule has 0 saturated carbocycles. The molecule has 1 saturated heterocycles. The van der Waals surface area contributed by atoms with Crippen LogP contribution >= 0.6 is 0 Å². The molecule has 0 aliphatic carbocycles. The molecule has 1 aliphatic heterocycles. The van der Waals surface area contributed by atoms with E-state index in [0.29, 0.717) is 12.5 Å². The van der Waals surface area contributed by atoms with Crippen LogP contribution in [-0.4, -0.2) is 39.5 Å². The third kappa shape index (κ3) is 4.15. The van der Waals surface area contributed by atoms with Gasteiger partial charge in [0.25, 0.3) is 0 Å². The highest BCUT2D eigenvalue weighted by Crippen LogP contribution is 2.20. The van der Waals surface area contributed by atoms with Gasteiger partial charge < -0.3 is 10.6 Å². The van der Waals surface area contributed by atoms with E-state index in [9.17, 15) is 12.8 Å². The van der Waals surface area contributed by atoms with E-state index in [-0.39, 0.29) is 10.6 Å². The van der Waals surface area contributed by atoms with E-state index in [2.05, 4.69) is 16.5 Å². The van der Waals surface area contributed by atoms with Crippen molar-refractivity contribution in [3.05, 3.63) is 24.0 Å². The van der Waals surface area contributed by atoms with Gasteiger partial charge in [0.2, 0.25) is 10.0 Å². The molecule has 0 atom stereocenters. The van der Waals surface area contributed by atoms with Crippen LogP contribution in [0.25, 0.3) is 0 Å². The maximum absolute atomic E-state index is 13.6. The molecule has 0 aromatic heterocycles. The van der Waals surface area contributed by atoms with E-state index in [1.807, 2.05) is 0 Å². The average molecular weight is 315 g/mol. The lowest BCUT2D eigenvalue weighted by Crippen LogP contribution is -2.38. The molecule has 0 amide bonds. The summed E-state index contributed by atoms with van der Waals surface area (Å²) in [7, 11) is -3.85. The zero-order chi connectivity index (χ0) is 15.5. The molecule has 1 aromatic rings. The fraction of sp³-hybridized carbons (Fsp3) is 0.571. The molecule has 0 spiro atoms. The number of hydrogen-bond donors (Lipinski definition) is 2. The Hall–Kier alpha value is -1.18. The largest absolute Gasteiger partial charge is 0.399 e. The normalized spacial score (nSPS) is 18.0. The Morgan fingerprint density at radius 1 is 1.38 bits per heavy atom. The Morgan fingerprint density at radius 3 is 2.67 bits per heavy atom. The van der Waals surface area contributed by atoms with Gasteiger partial charge in [-0.2, -0.15) is 0 Å². The summed E-state index contributed by atoms with van der Waals surface area (Å²) in [5, 5.41) is 0. The number of nitrogens with zero attached hydrogens (tertiary/aromatic N) is 1. The van der Waals surface area contributed by atoms with Gasteiger partial charge in [-0.05, 0) is 56.6 Å². The van der Waals surface area contributed by atoms with Crippen LogP contribution in [0.4, 0.5) is 10.1 Å². The number of nitrogens with one attached hydrogen (secondary N) is 1. The molecule has 3 N–H and O–H groups in total. The first-order valence-electron chi connectivity index (χ1n) is 7.19. The van der Waals surface area contributed by atoms with Crippen LogP contribution < -0.4 is 10.5 Å². The first kappa shape index (κ1) is 16.2. The second kappa shape index (κ2) is 6.72. The number of rotatable bonds is 5. The molecule has 118 valence electrons. The molecular weight excluding hydrogens is 293 g/mol. The number of hydrogen-bond acceptors (Lipinski definition) is 4. The van der Waals surface area contributed by atoms with Crippen LogP contribution in [0.3, 0.4) is 0 Å². The van der Waals surface area contributed by atoms with Gasteiger partial charge in [0.05, 0.1) is 0 Å². The Balaban J connectivity index is 1.97. The molecule has 1 aromatic carbocycles. The van der Waals surface area contributed by atoms with Crippen LogP contribution in [0.5, 0.6) is 0 Å². The van der Waals surface area contributed by atoms with Gasteiger partial charge in [-0.15, -0.1) is 0 Å². The highest BCUT2D eigenvalue weighted by atomic mass is 32.2. The number of benzene rings is 1. The molecule has 7 heteroatoms. The molecule has 0 bridgehead atoms. The summed E-state index contributed by atoms with van der Waals surface area (Å²) < 4.78 is 40.5. The molecule has 1 heterocycles. The highest BCUT2D eigenvalue weighted by Gasteiger charge is 2.23. The van der Waals surface area contributed by atoms with Crippen LogP contribution in [0.15, 0.2) is 23.1 Å². The third-order valence-corrected chi connectivity index (χ3v) is 5.40. The molecule has 2 rings (SSSR count). The summed E-state index contributed by atoms with van der Waals surface area (Å²) in [5.74, 6) is -0.482. The quantitative estimate of drug-likeness (QED) is 0.806. The average Bonchev–Trinajstić information content (AvgIpc) is 2.48. The van der Waals surface area contributed by atoms with Crippen molar-refractivity contribution < 1.29 is 12.8 Å². The van der Waals surface area contributed by atoms with Gasteiger partial charge >= 0.3 is 0 Å². The van der Waals surface area contributed by atoms with Crippen molar-refractivity contribution in [3.8, 4) is 0 Å². The monoisotopic (exact) mass is 315 g/mol. The van der Waals surface area contributed by atoms with E-state index in [0.717, 1.165) is 44.6 Å². The third-order valence-electron chi connectivity index (χ3n) is 3.96. The minimum Gasteiger partial charge on any atom is -0.399 e. The van der Waals surface area contributed by atoms with Crippen molar-refractivity contribution in [3.63, 3.8) is 0 Å². The van der Waals surface area contributed by atoms with Gasteiger partial charge in [-0.3, -0.25) is 0 Å². The molecule has 1 fully saturated rings. The molecular formula is C14H22FN3O2S. The minimum atomic E-state index is -3.85. The first-order valence-corrected chi connectivity index (χ1v) is 8.67. The number of nitrogens with two attached hydrogens (primary N) is 1. The second-order valence-electron chi connectivity index (χ2n) is 5.42. The van der Waals surface area contributed by atoms with Crippen LogP contribution in [0, 0.1) is 11.7 Å². The molecule has 21 heavy (non-hydrogen) atoms. The van der Waals surface area contributed by atoms with Crippen LogP contribution in [0.2, 0.25) is 0 Å². The van der Waals surface area contributed by atoms with Gasteiger partial charge in [-0.1, -0.05) is 6.92 Å². The molecule has 0 radical (unpaired) electrons. The van der Waals surface area contributed by atoms with Gasteiger partial charge in [-0.25, -0.2) is 17.5 Å². The van der Waals surface area contributed by atoms with E-state index in [4.69, 9.17) is 5.73 Å². The number of nitrogen functional groups attached to an aromatic ring is 1. The smallest absolute Gasteiger partial charge is 0.243 e. The summed E-state index contributed by atoms with van der Waals surface area (Å²) in [4.78, 5) is 1.95. The highest BCUT2D eigenvalue weighted by molar-refractivity contribution is 7.89. The Morgan fingerprint density at radius 2 is 2.05 bits per heavy atom. The topological polar surface area (TPSA) is 75.4 Å². The number of sulfonamides is 1. The SMILES string of the molecule is CCN1CCC(CNS(=O)(=O)c2cc(N)ccc2F)CC1. The van der Waals surface area contributed by atoms with E-state index in [1.54, 1.807) is 0 Å². The number of likely N-dealkylation sites (tertiary alicyclic amines) is 1. The van der Waals surface area contributed by atoms with E-state index >= 15 is 0 Å². The predicted octanol–water partition coefficient (Wildman–Crippen LogP) is 1.42. The van der Waals surface area contributed by atoms with Crippen molar-refractivity contribution in [2.75, 3.05) is 31.9 Å². The zero-order valence-corrected chi connectivity index (χ0v) is 13.0. The minimum absolute atomic E-state index is 0.230. The lowest BCUT2D eigenvalue weighted by molar-refractivity contribution is 0.193. The molecule has 5 nitrogen and oxygen atoms in total. The Bertz CT molecular complexity index is 584. The number of anilines is 1. The summed E-state index contributed by atoms with van der Waals surface area (Å²) in [6.45, 7) is 5.44. The standard InChI is InChI=1S/C14H22FN3O2S/c1-2-18-7-5-11(6-8-18)10-17-21(19,20)14-9-12(16)3-4-13(14)15/h3-4,9,11,17H,2,5-8,10,16H2,1H3.